The molecule has 0 bridgehead atoms. The molecule has 1 saturated heterocycles. The minimum Gasteiger partial charge on any atom is -0.389 e. The Morgan fingerprint density at radius 1 is 1.35 bits per heavy atom. The lowest BCUT2D eigenvalue weighted by Gasteiger charge is -2.25. The summed E-state index contributed by atoms with van der Waals surface area (Å²) in [6.45, 7) is 4.56. The van der Waals surface area contributed by atoms with E-state index in [0.29, 0.717) is 26.4 Å². The van der Waals surface area contributed by atoms with Crippen molar-refractivity contribution in [2.75, 3.05) is 46.6 Å². The molecule has 0 radical (unpaired) electrons. The van der Waals surface area contributed by atoms with Gasteiger partial charge in [-0.05, 0) is 18.4 Å². The molecule has 2 atom stereocenters. The largest absolute Gasteiger partial charge is 0.389 e. The molecule has 2 unspecified atom stereocenters. The average molecular weight is 323 g/mol. The molecule has 1 heterocycles. The molecule has 0 aliphatic carbocycles. The summed E-state index contributed by atoms with van der Waals surface area (Å²) in [4.78, 5) is 2.19. The van der Waals surface area contributed by atoms with E-state index in [0.717, 1.165) is 32.5 Å². The standard InChI is InChI=1S/C18H29NO4/c1-21-11-9-19(12-16-6-3-2-4-7-16)13-17(20)14-22-15-18-8-5-10-23-18/h2-4,6-7,17-18,20H,5,8-15H2,1H3. The number of rotatable bonds is 11. The summed E-state index contributed by atoms with van der Waals surface area (Å²) in [7, 11) is 1.70. The maximum atomic E-state index is 10.2. The van der Waals surface area contributed by atoms with Crippen LogP contribution in [0.5, 0.6) is 0 Å². The maximum absolute atomic E-state index is 10.2. The van der Waals surface area contributed by atoms with Crippen LogP contribution in [-0.2, 0) is 20.8 Å². The number of methoxy groups -OCH3 is 1. The van der Waals surface area contributed by atoms with E-state index in [1.54, 1.807) is 7.11 Å². The Balaban J connectivity index is 1.71. The summed E-state index contributed by atoms with van der Waals surface area (Å²) < 4.78 is 16.3. The van der Waals surface area contributed by atoms with Gasteiger partial charge in [-0.25, -0.2) is 0 Å². The Hall–Kier alpha value is -0.980. The third kappa shape index (κ3) is 7.42. The zero-order valence-electron chi connectivity index (χ0n) is 14.0. The van der Waals surface area contributed by atoms with Gasteiger partial charge in [-0.2, -0.15) is 0 Å². The van der Waals surface area contributed by atoms with Crippen LogP contribution in [0.3, 0.4) is 0 Å². The first-order chi connectivity index (χ1) is 11.3. The van der Waals surface area contributed by atoms with Gasteiger partial charge in [-0.15, -0.1) is 0 Å². The molecular weight excluding hydrogens is 294 g/mol. The lowest BCUT2D eigenvalue weighted by molar-refractivity contribution is -0.0271. The van der Waals surface area contributed by atoms with E-state index < -0.39 is 6.10 Å². The highest BCUT2D eigenvalue weighted by Gasteiger charge is 2.17. The Bertz CT molecular complexity index is 409. The Kier molecular flexibility index (Phi) is 8.57. The molecule has 0 amide bonds. The third-order valence-electron chi connectivity index (χ3n) is 3.97. The molecule has 1 N–H and O–H groups in total. The van der Waals surface area contributed by atoms with Crippen molar-refractivity contribution in [1.82, 2.24) is 4.90 Å². The van der Waals surface area contributed by atoms with Gasteiger partial charge in [-0.3, -0.25) is 4.90 Å². The smallest absolute Gasteiger partial charge is 0.0900 e. The van der Waals surface area contributed by atoms with Crippen LogP contribution in [-0.4, -0.2) is 68.8 Å². The van der Waals surface area contributed by atoms with Crippen molar-refractivity contribution >= 4 is 0 Å². The summed E-state index contributed by atoms with van der Waals surface area (Å²) in [5.41, 5.74) is 1.23. The van der Waals surface area contributed by atoms with Crippen LogP contribution in [0.1, 0.15) is 18.4 Å². The number of hydrogen-bond donors (Lipinski definition) is 1. The van der Waals surface area contributed by atoms with Crippen LogP contribution in [0, 0.1) is 0 Å². The van der Waals surface area contributed by atoms with Gasteiger partial charge >= 0.3 is 0 Å². The molecule has 2 rings (SSSR count). The molecule has 1 aromatic carbocycles. The Morgan fingerprint density at radius 2 is 2.17 bits per heavy atom. The topological polar surface area (TPSA) is 51.2 Å². The molecule has 5 nitrogen and oxygen atoms in total. The van der Waals surface area contributed by atoms with Crippen molar-refractivity contribution < 1.29 is 19.3 Å². The summed E-state index contributed by atoms with van der Waals surface area (Å²) in [5.74, 6) is 0. The fourth-order valence-electron chi connectivity index (χ4n) is 2.76. The lowest BCUT2D eigenvalue weighted by atomic mass is 10.2. The van der Waals surface area contributed by atoms with E-state index in [1.807, 2.05) is 18.2 Å². The van der Waals surface area contributed by atoms with Crippen molar-refractivity contribution in [2.24, 2.45) is 0 Å². The first kappa shape index (κ1) is 18.4. The van der Waals surface area contributed by atoms with Crippen LogP contribution < -0.4 is 0 Å². The van der Waals surface area contributed by atoms with Crippen molar-refractivity contribution in [3.8, 4) is 0 Å². The zero-order valence-corrected chi connectivity index (χ0v) is 14.0. The third-order valence-corrected chi connectivity index (χ3v) is 3.97. The predicted molar refractivity (Wildman–Crippen MR) is 89.4 cm³/mol. The molecule has 1 aromatic rings. The van der Waals surface area contributed by atoms with E-state index in [-0.39, 0.29) is 6.10 Å². The zero-order chi connectivity index (χ0) is 16.3. The Labute approximate surface area is 139 Å². The number of hydrogen-bond acceptors (Lipinski definition) is 5. The molecule has 0 spiro atoms. The lowest BCUT2D eigenvalue weighted by Crippen LogP contribution is -2.37. The summed E-state index contributed by atoms with van der Waals surface area (Å²) in [6.07, 6.45) is 1.87. The van der Waals surface area contributed by atoms with E-state index in [2.05, 4.69) is 17.0 Å². The van der Waals surface area contributed by atoms with E-state index >= 15 is 0 Å². The fourth-order valence-corrected chi connectivity index (χ4v) is 2.76. The van der Waals surface area contributed by atoms with Crippen LogP contribution >= 0.6 is 0 Å². The predicted octanol–water partition coefficient (Wildman–Crippen LogP) is 1.69. The second-order valence-electron chi connectivity index (χ2n) is 6.04. The molecule has 1 aliphatic heterocycles. The van der Waals surface area contributed by atoms with E-state index in [9.17, 15) is 5.11 Å². The van der Waals surface area contributed by atoms with Crippen molar-refractivity contribution in [2.45, 2.75) is 31.6 Å². The van der Waals surface area contributed by atoms with Gasteiger partial charge in [0, 0.05) is 33.4 Å². The molecule has 1 fully saturated rings. The van der Waals surface area contributed by atoms with Gasteiger partial charge in [0.25, 0.3) is 0 Å². The molecule has 0 aromatic heterocycles. The number of aliphatic hydroxyl groups is 1. The van der Waals surface area contributed by atoms with Gasteiger partial charge in [0.1, 0.15) is 0 Å². The maximum Gasteiger partial charge on any atom is 0.0900 e. The van der Waals surface area contributed by atoms with Crippen LogP contribution in [0.15, 0.2) is 30.3 Å². The average Bonchev–Trinajstić information content (AvgIpc) is 3.07. The van der Waals surface area contributed by atoms with Crippen LogP contribution in [0.4, 0.5) is 0 Å². The second-order valence-corrected chi connectivity index (χ2v) is 6.04. The van der Waals surface area contributed by atoms with E-state index in [4.69, 9.17) is 14.2 Å². The normalized spacial score (nSPS) is 19.3. The molecule has 1 aliphatic rings. The highest BCUT2D eigenvalue weighted by molar-refractivity contribution is 5.14. The van der Waals surface area contributed by atoms with Gasteiger partial charge in [0.2, 0.25) is 0 Å². The summed E-state index contributed by atoms with van der Waals surface area (Å²) >= 11 is 0. The number of ether oxygens (including phenoxy) is 3. The summed E-state index contributed by atoms with van der Waals surface area (Å²) in [5, 5.41) is 10.2. The number of aliphatic hydroxyl groups excluding tert-OH is 1. The first-order valence-corrected chi connectivity index (χ1v) is 8.40. The van der Waals surface area contributed by atoms with Gasteiger partial charge in [0.15, 0.2) is 0 Å². The highest BCUT2D eigenvalue weighted by Crippen LogP contribution is 2.12. The quantitative estimate of drug-likeness (QED) is 0.672. The number of benzene rings is 1. The van der Waals surface area contributed by atoms with Crippen molar-refractivity contribution in [1.29, 1.82) is 0 Å². The SMILES string of the molecule is COCCN(Cc1ccccc1)CC(O)COCC1CCCO1. The van der Waals surface area contributed by atoms with Crippen LogP contribution in [0.2, 0.25) is 0 Å². The number of nitrogens with zero attached hydrogens (tertiary/aromatic N) is 1. The van der Waals surface area contributed by atoms with Gasteiger partial charge < -0.3 is 19.3 Å². The van der Waals surface area contributed by atoms with Crippen molar-refractivity contribution in [3.05, 3.63) is 35.9 Å². The minimum atomic E-state index is -0.503. The first-order valence-electron chi connectivity index (χ1n) is 8.40. The minimum absolute atomic E-state index is 0.205. The highest BCUT2D eigenvalue weighted by atomic mass is 16.5. The van der Waals surface area contributed by atoms with Gasteiger partial charge in [-0.1, -0.05) is 30.3 Å². The molecule has 0 saturated carbocycles. The van der Waals surface area contributed by atoms with Crippen molar-refractivity contribution in [3.63, 3.8) is 0 Å². The molecule has 5 heteroatoms. The molecular formula is C18H29NO4. The monoisotopic (exact) mass is 323 g/mol. The molecule has 23 heavy (non-hydrogen) atoms. The summed E-state index contributed by atoms with van der Waals surface area (Å²) in [6, 6.07) is 10.3. The Morgan fingerprint density at radius 3 is 2.87 bits per heavy atom. The fraction of sp³-hybridized carbons (Fsp3) is 0.667. The van der Waals surface area contributed by atoms with Crippen LogP contribution in [0.25, 0.3) is 0 Å². The second kappa shape index (κ2) is 10.7. The van der Waals surface area contributed by atoms with E-state index in [1.165, 1.54) is 5.56 Å². The molecule has 130 valence electrons. The van der Waals surface area contributed by atoms with Gasteiger partial charge in [0.05, 0.1) is 32.0 Å².